The number of methoxy groups -OCH3 is 1. The summed E-state index contributed by atoms with van der Waals surface area (Å²) in [5.41, 5.74) is 3.94. The van der Waals surface area contributed by atoms with E-state index in [-0.39, 0.29) is 0 Å². The molecule has 4 aromatic heterocycles. The van der Waals surface area contributed by atoms with Crippen LogP contribution in [-0.4, -0.2) is 25.3 Å². The second-order valence-corrected chi connectivity index (χ2v) is 16.0. The lowest BCUT2D eigenvalue weighted by Crippen LogP contribution is -2.14. The van der Waals surface area contributed by atoms with Crippen LogP contribution in [0.15, 0.2) is 42.6 Å². The third-order valence-electron chi connectivity index (χ3n) is 6.26. The maximum atomic E-state index is 5.46. The monoisotopic (exact) mass is 657 g/mol. The van der Waals surface area contributed by atoms with Crippen molar-refractivity contribution in [1.82, 2.24) is 4.98 Å². The number of rotatable bonds is 1. The van der Waals surface area contributed by atoms with Crippen LogP contribution >= 0.6 is 45.3 Å². The molecule has 0 atom stereocenters. The first kappa shape index (κ1) is 36.5. The summed E-state index contributed by atoms with van der Waals surface area (Å²) >= 11 is 7.10. The van der Waals surface area contributed by atoms with E-state index in [1.807, 2.05) is 24.5 Å². The Morgan fingerprint density at radius 2 is 1.02 bits per heavy atom. The Labute approximate surface area is 275 Å². The molecule has 0 fully saturated rings. The molecule has 1 aliphatic heterocycles. The molecule has 5 aromatic rings. The summed E-state index contributed by atoms with van der Waals surface area (Å²) < 4.78 is 16.1. The molecule has 43 heavy (non-hydrogen) atoms. The quantitative estimate of drug-likeness (QED) is 0.180. The Hall–Kier alpha value is -2.65. The summed E-state index contributed by atoms with van der Waals surface area (Å²) in [6.07, 6.45) is 1.89. The number of thiazole rings is 1. The van der Waals surface area contributed by atoms with Crippen molar-refractivity contribution in [3.8, 4) is 17.2 Å². The summed E-state index contributed by atoms with van der Waals surface area (Å²) in [5, 5.41) is 1.15. The van der Waals surface area contributed by atoms with Gasteiger partial charge < -0.3 is 14.2 Å². The van der Waals surface area contributed by atoms with Crippen molar-refractivity contribution in [1.29, 1.82) is 0 Å². The number of aryl methyl sites for hydroxylation is 10. The molecule has 0 aliphatic carbocycles. The first-order valence-electron chi connectivity index (χ1n) is 14.2. The van der Waals surface area contributed by atoms with Crippen molar-refractivity contribution in [2.24, 2.45) is 0 Å². The highest BCUT2D eigenvalue weighted by Gasteiger charge is 2.19. The second kappa shape index (κ2) is 18.2. The van der Waals surface area contributed by atoms with Crippen molar-refractivity contribution in [2.75, 3.05) is 20.3 Å². The van der Waals surface area contributed by atoms with Crippen molar-refractivity contribution in [3.05, 3.63) is 98.4 Å². The van der Waals surface area contributed by atoms with Gasteiger partial charge in [0.15, 0.2) is 11.5 Å². The average molecular weight is 658 g/mol. The highest BCUT2D eigenvalue weighted by atomic mass is 32.1. The van der Waals surface area contributed by atoms with Gasteiger partial charge in [0.2, 0.25) is 0 Å². The Balaban J connectivity index is 0.000000190. The predicted molar refractivity (Wildman–Crippen MR) is 191 cm³/mol. The number of aromatic nitrogens is 1. The fourth-order valence-corrected chi connectivity index (χ4v) is 7.44. The van der Waals surface area contributed by atoms with Crippen LogP contribution in [0, 0.1) is 76.2 Å². The van der Waals surface area contributed by atoms with Gasteiger partial charge in [0, 0.05) is 45.9 Å². The van der Waals surface area contributed by atoms with Gasteiger partial charge >= 0.3 is 0 Å². The molecular formula is C35H47NO3S4. The van der Waals surface area contributed by atoms with Crippen LogP contribution in [-0.2, 0) is 0 Å². The minimum absolute atomic E-state index is 0.685. The topological polar surface area (TPSA) is 40.6 Å². The SMILES string of the molecule is COc1c(C)sc(C)c1C.Cc1ccc(C)cc1.Cc1ccc(C)s1.Cc1cnc(C)s1.Cc1sc(C)c2c1OCCO2. The van der Waals surface area contributed by atoms with Gasteiger partial charge in [-0.25, -0.2) is 4.98 Å². The molecule has 1 aliphatic rings. The van der Waals surface area contributed by atoms with Crippen LogP contribution in [0.4, 0.5) is 0 Å². The number of hydrogen-bond acceptors (Lipinski definition) is 8. The van der Waals surface area contributed by atoms with E-state index in [1.165, 1.54) is 50.8 Å². The molecule has 1 aromatic carbocycles. The van der Waals surface area contributed by atoms with Crippen LogP contribution in [0.5, 0.6) is 17.2 Å². The summed E-state index contributed by atoms with van der Waals surface area (Å²) in [6, 6.07) is 12.8. The fourth-order valence-electron chi connectivity index (χ4n) is 4.00. The molecule has 0 spiro atoms. The summed E-state index contributed by atoms with van der Waals surface area (Å²) in [5.74, 6) is 2.97. The lowest BCUT2D eigenvalue weighted by atomic mass is 10.2. The minimum atomic E-state index is 0.685. The largest absolute Gasteiger partial charge is 0.495 e. The van der Waals surface area contributed by atoms with E-state index < -0.39 is 0 Å². The molecule has 6 rings (SSSR count). The highest BCUT2D eigenvalue weighted by molar-refractivity contribution is 7.13. The maximum absolute atomic E-state index is 5.46. The fraction of sp³-hybridized carbons (Fsp3) is 0.400. The molecule has 0 bridgehead atoms. The van der Waals surface area contributed by atoms with E-state index in [0.717, 1.165) is 22.3 Å². The van der Waals surface area contributed by atoms with Crippen molar-refractivity contribution < 1.29 is 14.2 Å². The van der Waals surface area contributed by atoms with Gasteiger partial charge in [0.1, 0.15) is 19.0 Å². The number of benzene rings is 1. The average Bonchev–Trinajstić information content (AvgIpc) is 3.69. The second-order valence-electron chi connectivity index (χ2n) is 10.2. The van der Waals surface area contributed by atoms with Crippen LogP contribution in [0.25, 0.3) is 0 Å². The highest BCUT2D eigenvalue weighted by Crippen LogP contribution is 2.42. The molecule has 5 heterocycles. The van der Waals surface area contributed by atoms with E-state index in [1.54, 1.807) is 41.1 Å². The third-order valence-corrected chi connectivity index (χ3v) is 10.1. The molecule has 4 nitrogen and oxygen atoms in total. The molecule has 0 unspecified atom stereocenters. The molecule has 0 saturated heterocycles. The molecule has 0 N–H and O–H groups in total. The summed E-state index contributed by atoms with van der Waals surface area (Å²) in [6.45, 7) is 24.3. The molecule has 0 amide bonds. The first-order valence-corrected chi connectivity index (χ1v) is 17.5. The number of nitrogens with zero attached hydrogens (tertiary/aromatic N) is 1. The van der Waals surface area contributed by atoms with E-state index in [4.69, 9.17) is 14.2 Å². The zero-order valence-corrected chi connectivity index (χ0v) is 31.0. The van der Waals surface area contributed by atoms with Gasteiger partial charge in [-0.2, -0.15) is 0 Å². The first-order chi connectivity index (χ1) is 20.3. The van der Waals surface area contributed by atoms with Gasteiger partial charge in [-0.1, -0.05) is 35.4 Å². The normalized spacial score (nSPS) is 11.0. The number of hydrogen-bond donors (Lipinski definition) is 0. The van der Waals surface area contributed by atoms with Crippen molar-refractivity contribution in [2.45, 2.75) is 76.2 Å². The Morgan fingerprint density at radius 1 is 0.558 bits per heavy atom. The Morgan fingerprint density at radius 3 is 1.28 bits per heavy atom. The zero-order valence-electron chi connectivity index (χ0n) is 27.8. The van der Waals surface area contributed by atoms with Crippen LogP contribution in [0.3, 0.4) is 0 Å². The lowest BCUT2D eigenvalue weighted by Gasteiger charge is -2.15. The molecule has 0 radical (unpaired) electrons. The van der Waals surface area contributed by atoms with E-state index in [9.17, 15) is 0 Å². The van der Waals surface area contributed by atoms with Gasteiger partial charge in [0.05, 0.1) is 12.1 Å². The Kier molecular flexibility index (Phi) is 15.5. The Bertz CT molecular complexity index is 1400. The third kappa shape index (κ3) is 12.5. The van der Waals surface area contributed by atoms with Crippen molar-refractivity contribution >= 4 is 45.3 Å². The predicted octanol–water partition coefficient (Wildman–Crippen LogP) is 11.2. The van der Waals surface area contributed by atoms with Crippen molar-refractivity contribution in [3.63, 3.8) is 0 Å². The lowest BCUT2D eigenvalue weighted by molar-refractivity contribution is 0.171. The number of ether oxygens (including phenoxy) is 3. The van der Waals surface area contributed by atoms with Gasteiger partial charge in [-0.3, -0.25) is 0 Å². The van der Waals surface area contributed by atoms with E-state index in [0.29, 0.717) is 13.2 Å². The smallest absolute Gasteiger partial charge is 0.175 e. The van der Waals surface area contributed by atoms with Crippen LogP contribution < -0.4 is 14.2 Å². The van der Waals surface area contributed by atoms with Crippen LogP contribution in [0.1, 0.15) is 55.8 Å². The molecule has 234 valence electrons. The van der Waals surface area contributed by atoms with Gasteiger partial charge in [-0.15, -0.1) is 45.3 Å². The molecule has 8 heteroatoms. The minimum Gasteiger partial charge on any atom is -0.495 e. The zero-order chi connectivity index (χ0) is 32.1. The van der Waals surface area contributed by atoms with Gasteiger partial charge in [-0.05, 0) is 88.3 Å². The molecule has 0 saturated carbocycles. The van der Waals surface area contributed by atoms with E-state index in [2.05, 4.69) is 111 Å². The van der Waals surface area contributed by atoms with E-state index >= 15 is 0 Å². The standard InChI is InChI=1S/C8H10O2S.C8H12OS.C8H10.C6H8S.C5H7NS/c1-5-7-8(6(2)11-5)10-4-3-9-7;1-5-6(2)10-7(3)8(5)9-4;1-7-3-5-8(2)6-4-7;1-5-3-4-6(2)7-5;1-4-3-6-5(2)7-4/h3-4H2,1-2H3;1-4H3;3-6H,1-2H3;3-4H,1-2H3;3H,1-2H3. The van der Waals surface area contributed by atoms with Gasteiger partial charge in [0.25, 0.3) is 0 Å². The maximum Gasteiger partial charge on any atom is 0.175 e. The number of fused-ring (bicyclic) bond motifs is 1. The molecular weight excluding hydrogens is 611 g/mol. The van der Waals surface area contributed by atoms with Crippen LogP contribution in [0.2, 0.25) is 0 Å². The summed E-state index contributed by atoms with van der Waals surface area (Å²) in [4.78, 5) is 13.2. The summed E-state index contributed by atoms with van der Waals surface area (Å²) in [7, 11) is 1.72. The number of thiophene rings is 3.